The number of hydrogen-bond acceptors (Lipinski definition) is 7. The Hall–Kier alpha value is -1.63. The lowest BCUT2D eigenvalue weighted by molar-refractivity contribution is -0.0130. The monoisotopic (exact) mass is 240 g/mol. The van der Waals surface area contributed by atoms with Gasteiger partial charge in [-0.05, 0) is 19.3 Å². The van der Waals surface area contributed by atoms with Gasteiger partial charge in [-0.25, -0.2) is 0 Å². The molecule has 0 aliphatic carbocycles. The molecule has 7 nitrogen and oxygen atoms in total. The highest BCUT2D eigenvalue weighted by atomic mass is 16.5. The van der Waals surface area contributed by atoms with Gasteiger partial charge in [0, 0.05) is 6.61 Å². The van der Waals surface area contributed by atoms with Crippen LogP contribution in [-0.4, -0.2) is 41.4 Å². The molecule has 0 amide bonds. The van der Waals surface area contributed by atoms with Crippen molar-refractivity contribution in [3.63, 3.8) is 0 Å². The smallest absolute Gasteiger partial charge is 0.324 e. The zero-order valence-corrected chi connectivity index (χ0v) is 9.76. The summed E-state index contributed by atoms with van der Waals surface area (Å²) < 4.78 is 15.8. The van der Waals surface area contributed by atoms with Gasteiger partial charge in [0.15, 0.2) is 0 Å². The van der Waals surface area contributed by atoms with Crippen molar-refractivity contribution in [2.75, 3.05) is 26.1 Å². The normalized spacial score (nSPS) is 19.9. The fourth-order valence-corrected chi connectivity index (χ4v) is 1.61. The fourth-order valence-electron chi connectivity index (χ4n) is 1.61. The van der Waals surface area contributed by atoms with Crippen LogP contribution in [0.3, 0.4) is 0 Å². The van der Waals surface area contributed by atoms with Crippen LogP contribution >= 0.6 is 0 Å². The third-order valence-electron chi connectivity index (χ3n) is 2.47. The van der Waals surface area contributed by atoms with Crippen molar-refractivity contribution in [3.05, 3.63) is 0 Å². The number of nitrogen functional groups attached to an aromatic ring is 1. The molecule has 94 valence electrons. The topological polar surface area (TPSA) is 92.4 Å². The zero-order chi connectivity index (χ0) is 12.1. The molecule has 1 aliphatic rings. The summed E-state index contributed by atoms with van der Waals surface area (Å²) in [4.78, 5) is 11.6. The maximum absolute atomic E-state index is 5.53. The summed E-state index contributed by atoms with van der Waals surface area (Å²) >= 11 is 0. The second-order valence-corrected chi connectivity index (χ2v) is 3.76. The van der Waals surface area contributed by atoms with Crippen LogP contribution in [0.2, 0.25) is 0 Å². The predicted octanol–water partition coefficient (Wildman–Crippen LogP) is 0.410. The van der Waals surface area contributed by atoms with Gasteiger partial charge in [-0.3, -0.25) is 0 Å². The van der Waals surface area contributed by atoms with E-state index in [4.69, 9.17) is 19.9 Å². The highest BCUT2D eigenvalue weighted by Gasteiger charge is 2.15. The molecule has 1 atom stereocenters. The maximum Gasteiger partial charge on any atom is 0.324 e. The molecule has 1 aromatic rings. The molecule has 7 heteroatoms. The summed E-state index contributed by atoms with van der Waals surface area (Å²) in [5, 5.41) is 0. The van der Waals surface area contributed by atoms with Crippen LogP contribution in [0.5, 0.6) is 12.0 Å². The van der Waals surface area contributed by atoms with E-state index in [0.717, 1.165) is 25.9 Å². The molecule has 1 aliphatic heterocycles. The Morgan fingerprint density at radius 3 is 2.82 bits per heavy atom. The SMILES string of the molecule is COc1nc(N)nc(OCC2CCCCO2)n1. The van der Waals surface area contributed by atoms with E-state index in [-0.39, 0.29) is 24.1 Å². The number of anilines is 1. The number of aromatic nitrogens is 3. The van der Waals surface area contributed by atoms with Gasteiger partial charge in [-0.15, -0.1) is 4.98 Å². The number of rotatable bonds is 4. The molecule has 1 unspecified atom stereocenters. The average molecular weight is 240 g/mol. The van der Waals surface area contributed by atoms with Crippen LogP contribution < -0.4 is 15.2 Å². The van der Waals surface area contributed by atoms with E-state index < -0.39 is 0 Å². The van der Waals surface area contributed by atoms with E-state index in [9.17, 15) is 0 Å². The number of nitrogens with two attached hydrogens (primary N) is 1. The van der Waals surface area contributed by atoms with Gasteiger partial charge in [0.1, 0.15) is 6.61 Å². The molecule has 1 fully saturated rings. The Morgan fingerprint density at radius 2 is 2.12 bits per heavy atom. The average Bonchev–Trinajstić information content (AvgIpc) is 2.37. The van der Waals surface area contributed by atoms with E-state index in [2.05, 4.69) is 15.0 Å². The lowest BCUT2D eigenvalue weighted by Crippen LogP contribution is -2.26. The van der Waals surface area contributed by atoms with Gasteiger partial charge in [0.05, 0.1) is 13.2 Å². The highest BCUT2D eigenvalue weighted by molar-refractivity contribution is 5.20. The summed E-state index contributed by atoms with van der Waals surface area (Å²) in [5.74, 6) is 0.0800. The van der Waals surface area contributed by atoms with Gasteiger partial charge < -0.3 is 19.9 Å². The Kier molecular flexibility index (Phi) is 3.92. The second-order valence-electron chi connectivity index (χ2n) is 3.76. The maximum atomic E-state index is 5.53. The lowest BCUT2D eigenvalue weighted by atomic mass is 10.1. The fraction of sp³-hybridized carbons (Fsp3) is 0.700. The van der Waals surface area contributed by atoms with Crippen molar-refractivity contribution in [1.82, 2.24) is 15.0 Å². The van der Waals surface area contributed by atoms with Crippen LogP contribution in [0.1, 0.15) is 19.3 Å². The third kappa shape index (κ3) is 3.42. The van der Waals surface area contributed by atoms with Gasteiger partial charge >= 0.3 is 12.0 Å². The van der Waals surface area contributed by atoms with Gasteiger partial charge in [0.2, 0.25) is 5.95 Å². The Morgan fingerprint density at radius 1 is 1.29 bits per heavy atom. The zero-order valence-electron chi connectivity index (χ0n) is 9.76. The van der Waals surface area contributed by atoms with Crippen LogP contribution in [0.25, 0.3) is 0 Å². The van der Waals surface area contributed by atoms with E-state index in [1.54, 1.807) is 0 Å². The molecule has 2 heterocycles. The highest BCUT2D eigenvalue weighted by Crippen LogP contribution is 2.15. The molecular weight excluding hydrogens is 224 g/mol. The van der Waals surface area contributed by atoms with Crippen LogP contribution in [-0.2, 0) is 4.74 Å². The van der Waals surface area contributed by atoms with E-state index in [1.165, 1.54) is 7.11 Å². The molecule has 0 spiro atoms. The van der Waals surface area contributed by atoms with Crippen molar-refractivity contribution in [1.29, 1.82) is 0 Å². The van der Waals surface area contributed by atoms with Crippen LogP contribution in [0.4, 0.5) is 5.95 Å². The quantitative estimate of drug-likeness (QED) is 0.814. The first-order valence-electron chi connectivity index (χ1n) is 5.58. The summed E-state index contributed by atoms with van der Waals surface area (Å²) in [6, 6.07) is 0.320. The molecule has 1 aromatic heterocycles. The molecule has 0 aromatic carbocycles. The first kappa shape index (κ1) is 11.8. The molecule has 0 saturated carbocycles. The minimum Gasteiger partial charge on any atom is -0.467 e. The van der Waals surface area contributed by atoms with E-state index in [1.807, 2.05) is 0 Å². The molecule has 2 N–H and O–H groups in total. The molecule has 17 heavy (non-hydrogen) atoms. The van der Waals surface area contributed by atoms with E-state index >= 15 is 0 Å². The largest absolute Gasteiger partial charge is 0.467 e. The second kappa shape index (κ2) is 5.62. The minimum absolute atomic E-state index is 0.0800. The van der Waals surface area contributed by atoms with Gasteiger partial charge in [0.25, 0.3) is 0 Å². The molecular formula is C10H16N4O3. The van der Waals surface area contributed by atoms with Crippen LogP contribution in [0.15, 0.2) is 0 Å². The molecule has 2 rings (SSSR count). The van der Waals surface area contributed by atoms with Crippen molar-refractivity contribution in [2.45, 2.75) is 25.4 Å². The summed E-state index contributed by atoms with van der Waals surface area (Å²) in [7, 11) is 1.46. The van der Waals surface area contributed by atoms with E-state index in [0.29, 0.717) is 6.61 Å². The number of nitrogens with zero attached hydrogens (tertiary/aromatic N) is 3. The Bertz CT molecular complexity index is 369. The van der Waals surface area contributed by atoms with Crippen molar-refractivity contribution in [2.24, 2.45) is 0 Å². The first-order valence-corrected chi connectivity index (χ1v) is 5.58. The molecule has 0 radical (unpaired) electrons. The van der Waals surface area contributed by atoms with Crippen LogP contribution in [0, 0.1) is 0 Å². The first-order chi connectivity index (χ1) is 8.28. The number of ether oxygens (including phenoxy) is 3. The summed E-state index contributed by atoms with van der Waals surface area (Å²) in [6.07, 6.45) is 3.38. The Labute approximate surface area is 99.3 Å². The standard InChI is InChI=1S/C10H16N4O3/c1-15-9-12-8(11)13-10(14-9)17-6-7-4-2-3-5-16-7/h7H,2-6H2,1H3,(H2,11,12,13,14). The molecule has 1 saturated heterocycles. The third-order valence-corrected chi connectivity index (χ3v) is 2.47. The summed E-state index contributed by atoms with van der Waals surface area (Å²) in [5.41, 5.74) is 5.49. The van der Waals surface area contributed by atoms with Crippen molar-refractivity contribution >= 4 is 5.95 Å². The number of methoxy groups -OCH3 is 1. The van der Waals surface area contributed by atoms with Crippen molar-refractivity contribution in [3.8, 4) is 12.0 Å². The van der Waals surface area contributed by atoms with Crippen molar-refractivity contribution < 1.29 is 14.2 Å². The minimum atomic E-state index is 0.0800. The number of hydrogen-bond donors (Lipinski definition) is 1. The predicted molar refractivity (Wildman–Crippen MR) is 59.9 cm³/mol. The summed E-state index contributed by atoms with van der Waals surface area (Å²) in [6.45, 7) is 1.21. The Balaban J connectivity index is 1.91. The van der Waals surface area contributed by atoms with Gasteiger partial charge in [-0.2, -0.15) is 9.97 Å². The lowest BCUT2D eigenvalue weighted by Gasteiger charge is -2.21. The van der Waals surface area contributed by atoms with Gasteiger partial charge in [-0.1, -0.05) is 0 Å². The molecule has 0 bridgehead atoms.